The summed E-state index contributed by atoms with van der Waals surface area (Å²) in [5.41, 5.74) is 2.10. The van der Waals surface area contributed by atoms with Gasteiger partial charge < -0.3 is 0 Å². The van der Waals surface area contributed by atoms with Crippen LogP contribution in [0.15, 0.2) is 35.3 Å². The maximum absolute atomic E-state index is 7.68. The smallest absolute Gasteiger partial charge is 0.0645 e. The monoisotopic (exact) mass is 205 g/mol. The molecule has 0 unspecified atom stereocenters. The Morgan fingerprint density at radius 3 is 2.47 bits per heavy atom. The van der Waals surface area contributed by atoms with Gasteiger partial charge in [-0.25, -0.2) is 0 Å². The Morgan fingerprint density at radius 2 is 1.80 bits per heavy atom. The molecule has 0 aliphatic heterocycles. The Hall–Kier alpha value is -1.11. The molecule has 0 bridgehead atoms. The van der Waals surface area contributed by atoms with Crippen LogP contribution < -0.4 is 0 Å². The van der Waals surface area contributed by atoms with E-state index in [4.69, 9.17) is 1.37 Å². The first-order chi connectivity index (χ1) is 7.86. The minimum Gasteiger partial charge on any atom is -0.258 e. The zero-order valence-corrected chi connectivity index (χ0v) is 9.79. The van der Waals surface area contributed by atoms with Gasteiger partial charge in [-0.15, -0.1) is 0 Å². The van der Waals surface area contributed by atoms with Crippen molar-refractivity contribution in [2.45, 2.75) is 46.0 Å². The van der Waals surface area contributed by atoms with Crippen LogP contribution in [-0.4, -0.2) is 5.71 Å². The summed E-state index contributed by atoms with van der Waals surface area (Å²) in [6.45, 7) is 4.00. The van der Waals surface area contributed by atoms with Crippen molar-refractivity contribution in [1.82, 2.24) is 0 Å². The van der Waals surface area contributed by atoms with Gasteiger partial charge in [0, 0.05) is 5.71 Å². The van der Waals surface area contributed by atoms with E-state index in [1.165, 1.54) is 25.0 Å². The highest BCUT2D eigenvalue weighted by atomic mass is 14.7. The number of para-hydroxylation sites is 1. The van der Waals surface area contributed by atoms with Crippen LogP contribution in [0.2, 0.25) is 0 Å². The average molecular weight is 205 g/mol. The van der Waals surface area contributed by atoms with Gasteiger partial charge in [-0.2, -0.15) is 0 Å². The predicted molar refractivity (Wildman–Crippen MR) is 68.0 cm³/mol. The van der Waals surface area contributed by atoms with E-state index in [9.17, 15) is 0 Å². The van der Waals surface area contributed by atoms with Crippen LogP contribution >= 0.6 is 0 Å². The summed E-state index contributed by atoms with van der Waals surface area (Å²) in [7, 11) is 0. The molecule has 0 aromatic heterocycles. The van der Waals surface area contributed by atoms with E-state index < -0.39 is 0 Å². The predicted octanol–water partition coefficient (Wildman–Crippen LogP) is 4.75. The highest BCUT2D eigenvalue weighted by Gasteiger charge is 2.05. The molecule has 0 saturated heterocycles. The lowest BCUT2D eigenvalue weighted by molar-refractivity contribution is 0.667. The summed E-state index contributed by atoms with van der Waals surface area (Å²) in [5.74, 6) is 0. The van der Waals surface area contributed by atoms with E-state index in [2.05, 4.69) is 4.99 Å². The maximum atomic E-state index is 7.68. The summed E-state index contributed by atoms with van der Waals surface area (Å²) >= 11 is 0. The third kappa shape index (κ3) is 4.28. The summed E-state index contributed by atoms with van der Waals surface area (Å²) in [6, 6.07) is 8.07. The Labute approximate surface area is 94.7 Å². The van der Waals surface area contributed by atoms with Gasteiger partial charge in [0.15, 0.2) is 0 Å². The summed E-state index contributed by atoms with van der Waals surface area (Å²) in [4.78, 5) is 4.55. The summed E-state index contributed by atoms with van der Waals surface area (Å²) in [5, 5.41) is 0. The second kappa shape index (κ2) is 7.22. The van der Waals surface area contributed by atoms with E-state index in [0.29, 0.717) is 6.04 Å². The Kier molecular flexibility index (Phi) is 5.01. The standard InChI is InChI=1S/C12H15N.C2H6/c1-3-7-11(8-4-1)13-12-9-5-2-6-10-12;1-2/h1,3-4,7-8H,2,5-6,9-10H2;1-2H3/i7T;. The van der Waals surface area contributed by atoms with Gasteiger partial charge in [-0.1, -0.05) is 38.5 Å². The summed E-state index contributed by atoms with van der Waals surface area (Å²) in [6.07, 6.45) is 6.10. The summed E-state index contributed by atoms with van der Waals surface area (Å²) < 4.78 is 7.68. The Balaban J connectivity index is 0.000000606. The zero-order chi connectivity index (χ0) is 11.8. The minimum absolute atomic E-state index is 0.533. The van der Waals surface area contributed by atoms with Crippen LogP contribution in [0.5, 0.6) is 0 Å². The first-order valence-corrected chi connectivity index (χ1v) is 5.98. The lowest BCUT2D eigenvalue weighted by atomic mass is 9.98. The lowest BCUT2D eigenvalue weighted by Gasteiger charge is -2.11. The van der Waals surface area contributed by atoms with Gasteiger partial charge in [0.2, 0.25) is 0 Å². The van der Waals surface area contributed by atoms with Crippen molar-refractivity contribution in [3.05, 3.63) is 30.3 Å². The molecule has 1 fully saturated rings. The highest BCUT2D eigenvalue weighted by molar-refractivity contribution is 5.87. The van der Waals surface area contributed by atoms with Gasteiger partial charge in [0.05, 0.1) is 7.06 Å². The molecule has 82 valence electrons. The van der Waals surface area contributed by atoms with Crippen molar-refractivity contribution < 1.29 is 1.37 Å². The number of rotatable bonds is 1. The molecule has 1 nitrogen and oxygen atoms in total. The highest BCUT2D eigenvalue weighted by Crippen LogP contribution is 2.19. The third-order valence-electron chi connectivity index (χ3n) is 2.40. The van der Waals surface area contributed by atoms with Gasteiger partial charge in [0.25, 0.3) is 0 Å². The Bertz CT molecular complexity index is 336. The van der Waals surface area contributed by atoms with Crippen molar-refractivity contribution in [1.29, 1.82) is 0 Å². The number of hydrogen-bond acceptors (Lipinski definition) is 1. The number of aliphatic imine (C=N–C) groups is 1. The molecule has 0 radical (unpaired) electrons. The molecule has 0 spiro atoms. The second-order valence-corrected chi connectivity index (χ2v) is 3.49. The average Bonchev–Trinajstić information content (AvgIpc) is 2.36. The van der Waals surface area contributed by atoms with Crippen LogP contribution in [0, 0.1) is 0 Å². The molecule has 2 rings (SSSR count). The first-order valence-electron chi connectivity index (χ1n) is 6.48. The van der Waals surface area contributed by atoms with Crippen molar-refractivity contribution in [2.24, 2.45) is 4.99 Å². The molecule has 1 aromatic rings. The minimum atomic E-state index is 0.533. The molecular weight excluding hydrogens is 182 g/mol. The molecular formula is C14H21N. The van der Waals surface area contributed by atoms with Gasteiger partial charge >= 0.3 is 0 Å². The Morgan fingerprint density at radius 1 is 1.07 bits per heavy atom. The van der Waals surface area contributed by atoms with Gasteiger partial charge in [-0.3, -0.25) is 4.99 Å². The molecule has 0 atom stereocenters. The van der Waals surface area contributed by atoms with Crippen molar-refractivity contribution in [3.63, 3.8) is 0 Å². The van der Waals surface area contributed by atoms with Crippen molar-refractivity contribution in [3.8, 4) is 0 Å². The molecule has 1 saturated carbocycles. The molecule has 1 heteroatoms. The van der Waals surface area contributed by atoms with Crippen molar-refractivity contribution in [2.75, 3.05) is 0 Å². The van der Waals surface area contributed by atoms with Gasteiger partial charge in [-0.05, 0) is 37.8 Å². The fourth-order valence-corrected chi connectivity index (χ4v) is 1.70. The number of benzene rings is 1. The fraction of sp³-hybridized carbons (Fsp3) is 0.500. The second-order valence-electron chi connectivity index (χ2n) is 3.49. The van der Waals surface area contributed by atoms with Crippen LogP contribution in [-0.2, 0) is 0 Å². The van der Waals surface area contributed by atoms with Crippen LogP contribution in [0.3, 0.4) is 0 Å². The first kappa shape index (κ1) is 10.4. The fourth-order valence-electron chi connectivity index (χ4n) is 1.70. The normalized spacial score (nSPS) is 16.1. The molecule has 1 aliphatic carbocycles. The van der Waals surface area contributed by atoms with Crippen molar-refractivity contribution >= 4 is 11.4 Å². The van der Waals surface area contributed by atoms with Crippen LogP contribution in [0.1, 0.15) is 47.3 Å². The molecule has 0 amide bonds. The number of hydrogen-bond donors (Lipinski definition) is 0. The SMILES string of the molecule is CC.[3H]c1ccccc1N=C1CCCCC1. The largest absolute Gasteiger partial charge is 0.258 e. The van der Waals surface area contributed by atoms with Gasteiger partial charge in [0.1, 0.15) is 0 Å². The van der Waals surface area contributed by atoms with E-state index in [1.54, 1.807) is 6.07 Å². The third-order valence-corrected chi connectivity index (χ3v) is 2.40. The van der Waals surface area contributed by atoms with E-state index in [1.807, 2.05) is 32.0 Å². The quantitative estimate of drug-likeness (QED) is 0.627. The topological polar surface area (TPSA) is 12.4 Å². The number of nitrogens with zero attached hydrogens (tertiary/aromatic N) is 1. The molecule has 1 aromatic carbocycles. The molecule has 15 heavy (non-hydrogen) atoms. The van der Waals surface area contributed by atoms with Crippen LogP contribution in [0.25, 0.3) is 0 Å². The van der Waals surface area contributed by atoms with E-state index in [-0.39, 0.29) is 0 Å². The lowest BCUT2D eigenvalue weighted by Crippen LogP contribution is -2.03. The molecule has 1 aliphatic rings. The zero-order valence-electron chi connectivity index (χ0n) is 10.8. The molecule has 0 N–H and O–H groups in total. The van der Waals surface area contributed by atoms with E-state index >= 15 is 0 Å². The maximum Gasteiger partial charge on any atom is 0.0645 e. The van der Waals surface area contributed by atoms with Crippen LogP contribution in [0.4, 0.5) is 5.69 Å². The molecule has 0 heterocycles. The van der Waals surface area contributed by atoms with E-state index in [0.717, 1.165) is 18.5 Å².